The molecule has 2 heterocycles. The summed E-state index contributed by atoms with van der Waals surface area (Å²) in [5.41, 5.74) is 1.54. The SMILES string of the molecule is CNc1nc(I)nc2[nH]cnc12. The molecule has 0 radical (unpaired) electrons. The zero-order valence-electron chi connectivity index (χ0n) is 6.30. The minimum absolute atomic E-state index is 0.702. The number of nitrogens with zero attached hydrogens (tertiary/aromatic N) is 3. The number of rotatable bonds is 1. The van der Waals surface area contributed by atoms with E-state index in [0.717, 1.165) is 17.0 Å². The van der Waals surface area contributed by atoms with E-state index in [0.29, 0.717) is 3.83 Å². The highest BCUT2D eigenvalue weighted by Crippen LogP contribution is 2.15. The van der Waals surface area contributed by atoms with Crippen LogP contribution in [-0.4, -0.2) is 27.0 Å². The van der Waals surface area contributed by atoms with Gasteiger partial charge in [-0.2, -0.15) is 0 Å². The summed E-state index contributed by atoms with van der Waals surface area (Å²) in [5.74, 6) is 0.755. The fraction of sp³-hybridized carbons (Fsp3) is 0.167. The second-order valence-corrected chi connectivity index (χ2v) is 3.16. The molecule has 0 saturated carbocycles. The maximum Gasteiger partial charge on any atom is 0.194 e. The van der Waals surface area contributed by atoms with Crippen molar-refractivity contribution in [3.05, 3.63) is 10.2 Å². The molecule has 2 rings (SSSR count). The van der Waals surface area contributed by atoms with Crippen molar-refractivity contribution < 1.29 is 0 Å². The van der Waals surface area contributed by atoms with E-state index in [2.05, 4.69) is 47.8 Å². The van der Waals surface area contributed by atoms with Crippen LogP contribution in [0.1, 0.15) is 0 Å². The number of halogens is 1. The largest absolute Gasteiger partial charge is 0.371 e. The maximum absolute atomic E-state index is 4.17. The molecule has 0 saturated heterocycles. The van der Waals surface area contributed by atoms with Gasteiger partial charge in [-0.15, -0.1) is 0 Å². The summed E-state index contributed by atoms with van der Waals surface area (Å²) >= 11 is 2.06. The smallest absolute Gasteiger partial charge is 0.194 e. The molecule has 0 atom stereocenters. The van der Waals surface area contributed by atoms with Gasteiger partial charge in [0.25, 0.3) is 0 Å². The Morgan fingerprint density at radius 1 is 1.50 bits per heavy atom. The van der Waals surface area contributed by atoms with Crippen molar-refractivity contribution >= 4 is 39.6 Å². The monoisotopic (exact) mass is 275 g/mol. The molecule has 5 nitrogen and oxygen atoms in total. The fourth-order valence-electron chi connectivity index (χ4n) is 0.983. The van der Waals surface area contributed by atoms with Crippen molar-refractivity contribution in [1.82, 2.24) is 19.9 Å². The number of aromatic nitrogens is 4. The first-order valence-corrected chi connectivity index (χ1v) is 4.43. The van der Waals surface area contributed by atoms with E-state index in [-0.39, 0.29) is 0 Å². The zero-order chi connectivity index (χ0) is 8.55. The Morgan fingerprint density at radius 3 is 3.08 bits per heavy atom. The van der Waals surface area contributed by atoms with Crippen molar-refractivity contribution in [1.29, 1.82) is 0 Å². The Balaban J connectivity index is 2.80. The highest BCUT2D eigenvalue weighted by molar-refractivity contribution is 14.1. The lowest BCUT2D eigenvalue weighted by Crippen LogP contribution is -1.97. The molecule has 0 aliphatic heterocycles. The summed E-state index contributed by atoms with van der Waals surface area (Å²) in [5, 5.41) is 2.96. The Bertz CT molecular complexity index is 409. The van der Waals surface area contributed by atoms with E-state index in [1.165, 1.54) is 0 Å². The number of anilines is 1. The van der Waals surface area contributed by atoms with E-state index < -0.39 is 0 Å². The van der Waals surface area contributed by atoms with E-state index in [1.54, 1.807) is 6.33 Å². The molecular weight excluding hydrogens is 269 g/mol. The quantitative estimate of drug-likeness (QED) is 0.602. The van der Waals surface area contributed by atoms with Crippen LogP contribution in [0.4, 0.5) is 5.82 Å². The summed E-state index contributed by atoms with van der Waals surface area (Å²) in [7, 11) is 1.81. The van der Waals surface area contributed by atoms with Crippen molar-refractivity contribution in [3.8, 4) is 0 Å². The summed E-state index contributed by atoms with van der Waals surface area (Å²) in [4.78, 5) is 15.3. The van der Waals surface area contributed by atoms with Gasteiger partial charge in [0.2, 0.25) is 0 Å². The second kappa shape index (κ2) is 2.85. The first kappa shape index (κ1) is 7.71. The molecule has 2 aromatic heterocycles. The van der Waals surface area contributed by atoms with Crippen molar-refractivity contribution in [2.75, 3.05) is 12.4 Å². The molecule has 6 heteroatoms. The average Bonchev–Trinajstić information content (AvgIpc) is 2.50. The van der Waals surface area contributed by atoms with Crippen LogP contribution in [0.3, 0.4) is 0 Å². The summed E-state index contributed by atoms with van der Waals surface area (Å²) in [6.07, 6.45) is 1.61. The fourth-order valence-corrected chi connectivity index (χ4v) is 1.47. The standard InChI is InChI=1S/C6H6IN5/c1-8-4-3-5(10-2-9-3)12-6(7)11-4/h2H,1H3,(H2,8,9,10,11,12). The molecule has 2 N–H and O–H groups in total. The van der Waals surface area contributed by atoms with Gasteiger partial charge in [0.15, 0.2) is 15.3 Å². The molecule has 0 aliphatic rings. The third kappa shape index (κ3) is 1.11. The predicted octanol–water partition coefficient (Wildman–Crippen LogP) is 0.999. The number of aromatic amines is 1. The van der Waals surface area contributed by atoms with Gasteiger partial charge in [-0.05, 0) is 0 Å². The molecule has 0 aromatic carbocycles. The molecule has 62 valence electrons. The second-order valence-electron chi connectivity index (χ2n) is 2.19. The normalized spacial score (nSPS) is 10.5. The van der Waals surface area contributed by atoms with Crippen LogP contribution >= 0.6 is 22.6 Å². The molecule has 0 spiro atoms. The minimum atomic E-state index is 0.702. The van der Waals surface area contributed by atoms with Crippen LogP contribution in [0.5, 0.6) is 0 Å². The summed E-state index contributed by atoms with van der Waals surface area (Å²) in [6.45, 7) is 0. The summed E-state index contributed by atoms with van der Waals surface area (Å²) < 4.78 is 0.702. The lowest BCUT2D eigenvalue weighted by Gasteiger charge is -1.98. The van der Waals surface area contributed by atoms with Gasteiger partial charge in [0, 0.05) is 29.6 Å². The molecule has 0 amide bonds. The van der Waals surface area contributed by atoms with Crippen LogP contribution < -0.4 is 5.32 Å². The van der Waals surface area contributed by atoms with Crippen molar-refractivity contribution in [2.24, 2.45) is 0 Å². The Labute approximate surface area is 82.2 Å². The van der Waals surface area contributed by atoms with Gasteiger partial charge >= 0.3 is 0 Å². The topological polar surface area (TPSA) is 66.5 Å². The molecule has 0 unspecified atom stereocenters. The molecular formula is C6H6IN5. The van der Waals surface area contributed by atoms with Crippen LogP contribution in [0.25, 0.3) is 11.2 Å². The third-order valence-electron chi connectivity index (χ3n) is 1.49. The lowest BCUT2D eigenvalue weighted by atomic mass is 10.5. The van der Waals surface area contributed by atoms with Crippen LogP contribution in [0, 0.1) is 3.83 Å². The summed E-state index contributed by atoms with van der Waals surface area (Å²) in [6, 6.07) is 0. The Kier molecular flexibility index (Phi) is 1.83. The van der Waals surface area contributed by atoms with Crippen molar-refractivity contribution in [2.45, 2.75) is 0 Å². The lowest BCUT2D eigenvalue weighted by molar-refractivity contribution is 1.13. The van der Waals surface area contributed by atoms with Gasteiger partial charge in [0.05, 0.1) is 6.33 Å². The van der Waals surface area contributed by atoms with Gasteiger partial charge in [-0.3, -0.25) is 0 Å². The van der Waals surface area contributed by atoms with Crippen molar-refractivity contribution in [3.63, 3.8) is 0 Å². The van der Waals surface area contributed by atoms with Gasteiger partial charge in [0.1, 0.15) is 5.52 Å². The van der Waals surface area contributed by atoms with E-state index in [4.69, 9.17) is 0 Å². The third-order valence-corrected chi connectivity index (χ3v) is 1.97. The number of fused-ring (bicyclic) bond motifs is 1. The molecule has 12 heavy (non-hydrogen) atoms. The number of H-pyrrole nitrogens is 1. The van der Waals surface area contributed by atoms with Crippen LogP contribution in [-0.2, 0) is 0 Å². The zero-order valence-corrected chi connectivity index (χ0v) is 8.45. The molecule has 0 fully saturated rings. The highest BCUT2D eigenvalue weighted by Gasteiger charge is 2.05. The number of hydrogen-bond donors (Lipinski definition) is 2. The molecule has 0 aliphatic carbocycles. The van der Waals surface area contributed by atoms with Gasteiger partial charge in [-0.25, -0.2) is 15.0 Å². The maximum atomic E-state index is 4.17. The Hall–Kier alpha value is -0.920. The van der Waals surface area contributed by atoms with Crippen LogP contribution in [0.15, 0.2) is 6.33 Å². The number of hydrogen-bond acceptors (Lipinski definition) is 4. The van der Waals surface area contributed by atoms with E-state index >= 15 is 0 Å². The van der Waals surface area contributed by atoms with E-state index in [9.17, 15) is 0 Å². The minimum Gasteiger partial charge on any atom is -0.371 e. The number of nitrogens with one attached hydrogen (secondary N) is 2. The average molecular weight is 275 g/mol. The number of imidazole rings is 1. The highest BCUT2D eigenvalue weighted by atomic mass is 127. The van der Waals surface area contributed by atoms with Gasteiger partial charge < -0.3 is 10.3 Å². The van der Waals surface area contributed by atoms with E-state index in [1.807, 2.05) is 7.05 Å². The first-order valence-electron chi connectivity index (χ1n) is 3.35. The van der Waals surface area contributed by atoms with Gasteiger partial charge in [-0.1, -0.05) is 0 Å². The van der Waals surface area contributed by atoms with Crippen LogP contribution in [0.2, 0.25) is 0 Å². The molecule has 2 aromatic rings. The predicted molar refractivity (Wildman–Crippen MR) is 53.9 cm³/mol. The molecule has 0 bridgehead atoms. The Morgan fingerprint density at radius 2 is 2.33 bits per heavy atom. The first-order chi connectivity index (χ1) is 5.81.